The highest BCUT2D eigenvalue weighted by molar-refractivity contribution is 5.93. The van der Waals surface area contributed by atoms with Crippen LogP contribution in [0.5, 0.6) is 0 Å². The maximum Gasteiger partial charge on any atom is 0.247 e. The van der Waals surface area contributed by atoms with Crippen LogP contribution in [0.1, 0.15) is 40.5 Å². The first-order valence-electron chi connectivity index (χ1n) is 7.04. The molecule has 1 fully saturated rings. The summed E-state index contributed by atoms with van der Waals surface area (Å²) in [5, 5.41) is 0. The monoisotopic (exact) mass is 269 g/mol. The number of nitrogens with two attached hydrogens (primary N) is 1. The summed E-state index contributed by atoms with van der Waals surface area (Å²) in [6, 6.07) is 0. The number of amides is 2. The van der Waals surface area contributed by atoms with Gasteiger partial charge >= 0.3 is 0 Å². The van der Waals surface area contributed by atoms with Gasteiger partial charge in [-0.15, -0.1) is 0 Å². The third kappa shape index (κ3) is 2.48. The molecule has 1 saturated heterocycles. The third-order valence-electron chi connectivity index (χ3n) is 4.65. The SMILES string of the molecule is CCC(CC)(CN)C(=O)N1CCN(C)C(=O)C1(C)C. The summed E-state index contributed by atoms with van der Waals surface area (Å²) in [7, 11) is 1.78. The lowest BCUT2D eigenvalue weighted by molar-refractivity contribution is -0.163. The maximum absolute atomic E-state index is 12.9. The van der Waals surface area contributed by atoms with E-state index in [0.29, 0.717) is 32.5 Å². The van der Waals surface area contributed by atoms with Crippen molar-refractivity contribution in [1.29, 1.82) is 0 Å². The first kappa shape index (κ1) is 16.0. The molecular weight excluding hydrogens is 242 g/mol. The van der Waals surface area contributed by atoms with Crippen molar-refractivity contribution in [3.63, 3.8) is 0 Å². The van der Waals surface area contributed by atoms with Crippen LogP contribution in [0.2, 0.25) is 0 Å². The van der Waals surface area contributed by atoms with Crippen LogP contribution in [0.4, 0.5) is 0 Å². The van der Waals surface area contributed by atoms with Crippen LogP contribution in [-0.4, -0.2) is 53.8 Å². The van der Waals surface area contributed by atoms with E-state index in [0.717, 1.165) is 0 Å². The molecular formula is C14H27N3O2. The lowest BCUT2D eigenvalue weighted by Gasteiger charge is -2.48. The number of piperazine rings is 1. The van der Waals surface area contributed by atoms with Gasteiger partial charge in [0.25, 0.3) is 0 Å². The van der Waals surface area contributed by atoms with E-state index >= 15 is 0 Å². The molecule has 5 nitrogen and oxygen atoms in total. The minimum Gasteiger partial charge on any atom is -0.342 e. The molecule has 19 heavy (non-hydrogen) atoms. The zero-order valence-electron chi connectivity index (χ0n) is 12.8. The topological polar surface area (TPSA) is 66.6 Å². The van der Waals surface area contributed by atoms with Crippen molar-refractivity contribution >= 4 is 11.8 Å². The van der Waals surface area contributed by atoms with Crippen LogP contribution >= 0.6 is 0 Å². The molecule has 1 aliphatic heterocycles. The second kappa shape index (κ2) is 5.49. The normalized spacial score (nSPS) is 19.8. The zero-order valence-corrected chi connectivity index (χ0v) is 12.8. The van der Waals surface area contributed by atoms with E-state index in [9.17, 15) is 9.59 Å². The first-order chi connectivity index (χ1) is 8.76. The number of likely N-dealkylation sites (N-methyl/N-ethyl adjacent to an activating group) is 1. The first-order valence-corrected chi connectivity index (χ1v) is 7.04. The molecule has 2 amide bonds. The van der Waals surface area contributed by atoms with E-state index in [4.69, 9.17) is 5.73 Å². The van der Waals surface area contributed by atoms with E-state index in [1.54, 1.807) is 16.8 Å². The van der Waals surface area contributed by atoms with E-state index < -0.39 is 11.0 Å². The van der Waals surface area contributed by atoms with Crippen molar-refractivity contribution in [2.45, 2.75) is 46.1 Å². The number of hydrogen-bond donors (Lipinski definition) is 1. The van der Waals surface area contributed by atoms with E-state index in [2.05, 4.69) is 0 Å². The summed E-state index contributed by atoms with van der Waals surface area (Å²) in [5.74, 6) is 0.0108. The van der Waals surface area contributed by atoms with Gasteiger partial charge in [-0.3, -0.25) is 9.59 Å². The summed E-state index contributed by atoms with van der Waals surface area (Å²) in [6.07, 6.45) is 1.41. The second-order valence-electron chi connectivity index (χ2n) is 5.93. The zero-order chi connectivity index (χ0) is 14.8. The number of rotatable bonds is 4. The van der Waals surface area contributed by atoms with Crippen LogP contribution < -0.4 is 5.73 Å². The van der Waals surface area contributed by atoms with Crippen molar-refractivity contribution < 1.29 is 9.59 Å². The number of carbonyl (C=O) groups excluding carboxylic acids is 2. The van der Waals surface area contributed by atoms with Gasteiger partial charge < -0.3 is 15.5 Å². The largest absolute Gasteiger partial charge is 0.342 e. The Hall–Kier alpha value is -1.10. The lowest BCUT2D eigenvalue weighted by atomic mass is 9.79. The van der Waals surface area contributed by atoms with Gasteiger partial charge in [0.05, 0.1) is 5.41 Å². The minimum absolute atomic E-state index is 0.00905. The quantitative estimate of drug-likeness (QED) is 0.822. The Morgan fingerprint density at radius 2 is 1.84 bits per heavy atom. The summed E-state index contributed by atoms with van der Waals surface area (Å²) in [4.78, 5) is 28.5. The van der Waals surface area contributed by atoms with Crippen molar-refractivity contribution in [2.24, 2.45) is 11.1 Å². The molecule has 5 heteroatoms. The molecule has 1 heterocycles. The summed E-state index contributed by atoms with van der Waals surface area (Å²) < 4.78 is 0. The molecule has 0 aliphatic carbocycles. The summed E-state index contributed by atoms with van der Waals surface area (Å²) >= 11 is 0. The van der Waals surface area contributed by atoms with Crippen molar-refractivity contribution in [3.8, 4) is 0 Å². The number of nitrogens with zero attached hydrogens (tertiary/aromatic N) is 2. The maximum atomic E-state index is 12.9. The van der Waals surface area contributed by atoms with Crippen LogP contribution in [0.15, 0.2) is 0 Å². The molecule has 0 aromatic rings. The van der Waals surface area contributed by atoms with Gasteiger partial charge in [0.1, 0.15) is 5.54 Å². The Labute approximate surface area is 116 Å². The average molecular weight is 269 g/mol. The predicted octanol–water partition coefficient (Wildman–Crippen LogP) is 0.831. The molecule has 0 atom stereocenters. The molecule has 0 aromatic heterocycles. The molecule has 0 unspecified atom stereocenters. The third-order valence-corrected chi connectivity index (χ3v) is 4.65. The molecule has 0 aromatic carbocycles. The highest BCUT2D eigenvalue weighted by Gasteiger charge is 2.48. The summed E-state index contributed by atoms with van der Waals surface area (Å²) in [6.45, 7) is 9.09. The van der Waals surface area contributed by atoms with Gasteiger partial charge in [-0.25, -0.2) is 0 Å². The van der Waals surface area contributed by atoms with Gasteiger partial charge in [0, 0.05) is 26.7 Å². The van der Waals surface area contributed by atoms with E-state index in [1.165, 1.54) is 0 Å². The van der Waals surface area contributed by atoms with E-state index in [-0.39, 0.29) is 11.8 Å². The van der Waals surface area contributed by atoms with Gasteiger partial charge in [-0.1, -0.05) is 13.8 Å². The number of carbonyl (C=O) groups is 2. The van der Waals surface area contributed by atoms with Gasteiger partial charge in [-0.05, 0) is 26.7 Å². The van der Waals surface area contributed by atoms with Crippen molar-refractivity contribution in [1.82, 2.24) is 9.80 Å². The molecule has 110 valence electrons. The molecule has 0 bridgehead atoms. The second-order valence-corrected chi connectivity index (χ2v) is 5.93. The molecule has 1 rings (SSSR count). The van der Waals surface area contributed by atoms with Crippen LogP contribution in [0.3, 0.4) is 0 Å². The molecule has 1 aliphatic rings. The Morgan fingerprint density at radius 3 is 2.26 bits per heavy atom. The van der Waals surface area contributed by atoms with Gasteiger partial charge in [0.15, 0.2) is 0 Å². The fourth-order valence-electron chi connectivity index (χ4n) is 2.78. The predicted molar refractivity (Wildman–Crippen MR) is 75.5 cm³/mol. The van der Waals surface area contributed by atoms with Crippen LogP contribution in [0.25, 0.3) is 0 Å². The molecule has 0 spiro atoms. The Balaban J connectivity index is 3.08. The number of hydrogen-bond acceptors (Lipinski definition) is 3. The fourth-order valence-corrected chi connectivity index (χ4v) is 2.78. The molecule has 0 radical (unpaired) electrons. The van der Waals surface area contributed by atoms with Crippen molar-refractivity contribution in [2.75, 3.05) is 26.7 Å². The van der Waals surface area contributed by atoms with E-state index in [1.807, 2.05) is 27.7 Å². The Kier molecular flexibility index (Phi) is 4.61. The highest BCUT2D eigenvalue weighted by atomic mass is 16.2. The Bertz CT molecular complexity index is 353. The van der Waals surface area contributed by atoms with Gasteiger partial charge in [0.2, 0.25) is 11.8 Å². The molecule has 2 N–H and O–H groups in total. The lowest BCUT2D eigenvalue weighted by Crippen LogP contribution is -2.66. The van der Waals surface area contributed by atoms with Gasteiger partial charge in [-0.2, -0.15) is 0 Å². The standard InChI is InChI=1S/C14H27N3O2/c1-6-14(7-2,10-15)12(19)17-9-8-16(5)11(18)13(17,3)4/h6-10,15H2,1-5H3. The van der Waals surface area contributed by atoms with Crippen molar-refractivity contribution in [3.05, 3.63) is 0 Å². The average Bonchev–Trinajstić information content (AvgIpc) is 2.38. The fraction of sp³-hybridized carbons (Fsp3) is 0.857. The summed E-state index contributed by atoms with van der Waals surface area (Å²) in [5.41, 5.74) is 4.53. The molecule has 0 saturated carbocycles. The Morgan fingerprint density at radius 1 is 1.32 bits per heavy atom. The highest BCUT2D eigenvalue weighted by Crippen LogP contribution is 2.32. The van der Waals surface area contributed by atoms with Crippen LogP contribution in [-0.2, 0) is 9.59 Å². The van der Waals surface area contributed by atoms with Crippen LogP contribution in [0, 0.1) is 5.41 Å². The smallest absolute Gasteiger partial charge is 0.247 e. The minimum atomic E-state index is -0.783.